The smallest absolute Gasteiger partial charge is 0.417 e. The first-order chi connectivity index (χ1) is 9.28. The molecular formula is C11H17O6PS2. The molecule has 0 saturated carbocycles. The molecule has 0 amide bonds. The minimum Gasteiger partial charge on any atom is -0.417 e. The molecule has 20 heavy (non-hydrogen) atoms. The molecule has 0 saturated heterocycles. The van der Waals surface area contributed by atoms with Crippen LogP contribution >= 0.6 is 18.2 Å². The van der Waals surface area contributed by atoms with Crippen molar-refractivity contribution >= 4 is 28.3 Å². The van der Waals surface area contributed by atoms with E-state index < -0.39 is 16.9 Å². The molecule has 1 rings (SSSR count). The summed E-state index contributed by atoms with van der Waals surface area (Å²) in [5.41, 5.74) is 0. The molecule has 1 atom stereocenters. The van der Waals surface area contributed by atoms with Crippen LogP contribution in [0.3, 0.4) is 0 Å². The summed E-state index contributed by atoms with van der Waals surface area (Å²) < 4.78 is 49.3. The molecule has 0 radical (unpaired) electrons. The summed E-state index contributed by atoms with van der Waals surface area (Å²) in [6.45, 7) is -1.35. The fraction of sp³-hybridized carbons (Fsp3) is 0.455. The van der Waals surface area contributed by atoms with Gasteiger partial charge in [-0.05, 0) is 29.9 Å². The molecule has 0 bridgehead atoms. The number of rotatable bonds is 8. The van der Waals surface area contributed by atoms with E-state index in [1.807, 2.05) is 6.92 Å². The number of hydrogen-bond acceptors (Lipinski definition) is 7. The summed E-state index contributed by atoms with van der Waals surface area (Å²) in [6, 6.07) is 5.90. The summed E-state index contributed by atoms with van der Waals surface area (Å²) >= 11 is 1.09. The van der Waals surface area contributed by atoms with Gasteiger partial charge in [-0.15, -0.1) is 0 Å². The standard InChI is InChI=1S/C11H17O6PS2/c1-4-8-19-18(12,15-2)16-10-6-5-7-11(9-10)17-20(3,13)14/h5-7,9H,4,8H2,1-3H3. The average molecular weight is 340 g/mol. The maximum Gasteiger partial charge on any atom is 0.439 e. The highest BCUT2D eigenvalue weighted by atomic mass is 32.7. The highest BCUT2D eigenvalue weighted by Gasteiger charge is 2.25. The Bertz CT molecular complexity index is 586. The van der Waals surface area contributed by atoms with E-state index in [1.165, 1.54) is 19.2 Å². The minimum atomic E-state index is -3.62. The fourth-order valence-corrected chi connectivity index (χ4v) is 4.62. The first-order valence-electron chi connectivity index (χ1n) is 5.77. The zero-order chi connectivity index (χ0) is 15.2. The van der Waals surface area contributed by atoms with Gasteiger partial charge >= 0.3 is 16.9 Å². The SMILES string of the molecule is CCCSP(=O)(OC)Oc1cccc(OS(C)(=O)=O)c1. The maximum absolute atomic E-state index is 12.3. The van der Waals surface area contributed by atoms with Gasteiger partial charge in [0, 0.05) is 18.9 Å². The lowest BCUT2D eigenvalue weighted by Crippen LogP contribution is -2.05. The van der Waals surface area contributed by atoms with Crippen LogP contribution in [0.15, 0.2) is 24.3 Å². The van der Waals surface area contributed by atoms with Gasteiger partial charge in [0.15, 0.2) is 0 Å². The van der Waals surface area contributed by atoms with Crippen molar-refractivity contribution in [2.24, 2.45) is 0 Å². The monoisotopic (exact) mass is 340 g/mol. The quantitative estimate of drug-likeness (QED) is 0.530. The van der Waals surface area contributed by atoms with E-state index in [9.17, 15) is 13.0 Å². The average Bonchev–Trinajstić information content (AvgIpc) is 2.35. The highest BCUT2D eigenvalue weighted by molar-refractivity contribution is 8.55. The molecule has 0 heterocycles. The summed E-state index contributed by atoms with van der Waals surface area (Å²) in [5, 5.41) is 0. The third-order valence-electron chi connectivity index (χ3n) is 1.95. The van der Waals surface area contributed by atoms with E-state index in [0.29, 0.717) is 5.75 Å². The second-order valence-corrected chi connectivity index (χ2v) is 9.62. The maximum atomic E-state index is 12.3. The van der Waals surface area contributed by atoms with Gasteiger partial charge in [0.1, 0.15) is 11.5 Å². The Morgan fingerprint density at radius 2 is 1.95 bits per heavy atom. The molecule has 6 nitrogen and oxygen atoms in total. The first kappa shape index (κ1) is 17.4. The first-order valence-corrected chi connectivity index (χ1v) is 10.7. The Hall–Kier alpha value is -0.690. The van der Waals surface area contributed by atoms with Crippen molar-refractivity contribution < 1.29 is 26.2 Å². The molecule has 0 aliphatic carbocycles. The van der Waals surface area contributed by atoms with Crippen LogP contribution in [0, 0.1) is 0 Å². The Labute approximate surface area is 123 Å². The molecule has 0 N–H and O–H groups in total. The predicted octanol–water partition coefficient (Wildman–Crippen LogP) is 3.30. The van der Waals surface area contributed by atoms with Crippen LogP contribution in [0.2, 0.25) is 0 Å². The van der Waals surface area contributed by atoms with Crippen LogP contribution in [-0.2, 0) is 19.2 Å². The lowest BCUT2D eigenvalue weighted by molar-refractivity contribution is 0.341. The second-order valence-electron chi connectivity index (χ2n) is 3.82. The van der Waals surface area contributed by atoms with E-state index >= 15 is 0 Å². The van der Waals surface area contributed by atoms with Crippen LogP contribution in [0.4, 0.5) is 0 Å². The molecule has 0 aliphatic heterocycles. The topological polar surface area (TPSA) is 78.9 Å². The van der Waals surface area contributed by atoms with Crippen LogP contribution in [0.5, 0.6) is 11.5 Å². The van der Waals surface area contributed by atoms with Crippen molar-refractivity contribution in [2.75, 3.05) is 19.1 Å². The molecular weight excluding hydrogens is 323 g/mol. The Morgan fingerprint density at radius 1 is 1.30 bits per heavy atom. The van der Waals surface area contributed by atoms with Gasteiger partial charge in [-0.25, -0.2) is 4.57 Å². The Balaban J connectivity index is 2.86. The van der Waals surface area contributed by atoms with Gasteiger partial charge in [-0.3, -0.25) is 4.52 Å². The summed E-state index contributed by atoms with van der Waals surface area (Å²) in [6.07, 6.45) is 1.77. The summed E-state index contributed by atoms with van der Waals surface area (Å²) in [4.78, 5) is 0. The lowest BCUT2D eigenvalue weighted by atomic mass is 10.3. The molecule has 0 aliphatic rings. The molecule has 1 unspecified atom stereocenters. The third kappa shape index (κ3) is 6.17. The van der Waals surface area contributed by atoms with E-state index in [2.05, 4.69) is 0 Å². The van der Waals surface area contributed by atoms with E-state index in [0.717, 1.165) is 24.1 Å². The minimum absolute atomic E-state index is 0.0909. The highest BCUT2D eigenvalue weighted by Crippen LogP contribution is 2.59. The molecule has 0 spiro atoms. The molecule has 0 aromatic heterocycles. The zero-order valence-corrected chi connectivity index (χ0v) is 14.0. The van der Waals surface area contributed by atoms with Crippen molar-refractivity contribution in [2.45, 2.75) is 13.3 Å². The van der Waals surface area contributed by atoms with Gasteiger partial charge in [0.2, 0.25) is 0 Å². The van der Waals surface area contributed by atoms with E-state index in [1.54, 1.807) is 12.1 Å². The van der Waals surface area contributed by atoms with Crippen molar-refractivity contribution in [3.05, 3.63) is 24.3 Å². The van der Waals surface area contributed by atoms with Gasteiger partial charge in [0.05, 0.1) is 6.26 Å². The molecule has 9 heteroatoms. The molecule has 1 aromatic carbocycles. The molecule has 114 valence electrons. The second kappa shape index (κ2) is 7.36. The number of benzene rings is 1. The normalized spacial score (nSPS) is 14.6. The summed E-state index contributed by atoms with van der Waals surface area (Å²) in [7, 11) is -2.31. The van der Waals surface area contributed by atoms with E-state index in [4.69, 9.17) is 13.2 Å². The third-order valence-corrected chi connectivity index (χ3v) is 6.40. The van der Waals surface area contributed by atoms with Crippen LogP contribution in [0.1, 0.15) is 13.3 Å². The molecule has 0 fully saturated rings. The fourth-order valence-electron chi connectivity index (χ4n) is 1.21. The van der Waals surface area contributed by atoms with E-state index in [-0.39, 0.29) is 11.5 Å². The summed E-state index contributed by atoms with van der Waals surface area (Å²) in [5.74, 6) is 0.943. The van der Waals surface area contributed by atoms with Crippen LogP contribution < -0.4 is 8.71 Å². The van der Waals surface area contributed by atoms with Gasteiger partial charge < -0.3 is 8.71 Å². The van der Waals surface area contributed by atoms with Crippen molar-refractivity contribution in [3.63, 3.8) is 0 Å². The number of hydrogen-bond donors (Lipinski definition) is 0. The van der Waals surface area contributed by atoms with Crippen molar-refractivity contribution in [1.29, 1.82) is 0 Å². The van der Waals surface area contributed by atoms with Gasteiger partial charge in [-0.1, -0.05) is 13.0 Å². The molecule has 1 aromatic rings. The van der Waals surface area contributed by atoms with Gasteiger partial charge in [0.25, 0.3) is 0 Å². The Kier molecular flexibility index (Phi) is 6.39. The largest absolute Gasteiger partial charge is 0.439 e. The van der Waals surface area contributed by atoms with Crippen molar-refractivity contribution in [3.8, 4) is 11.5 Å². The van der Waals surface area contributed by atoms with Crippen LogP contribution in [-0.4, -0.2) is 27.5 Å². The zero-order valence-electron chi connectivity index (χ0n) is 11.4. The van der Waals surface area contributed by atoms with Crippen LogP contribution in [0.25, 0.3) is 0 Å². The lowest BCUT2D eigenvalue weighted by Gasteiger charge is -2.16. The predicted molar refractivity (Wildman–Crippen MR) is 79.9 cm³/mol. The Morgan fingerprint density at radius 3 is 2.50 bits per heavy atom. The van der Waals surface area contributed by atoms with Gasteiger partial charge in [-0.2, -0.15) is 8.42 Å². The van der Waals surface area contributed by atoms with Crippen molar-refractivity contribution in [1.82, 2.24) is 0 Å².